The molecular formula is C11H18NO5P. The van der Waals surface area contributed by atoms with Crippen LogP contribution in [0, 0.1) is 6.92 Å². The van der Waals surface area contributed by atoms with Crippen LogP contribution < -0.4 is 10.9 Å². The molecule has 1 aromatic heterocycles. The normalized spacial score (nSPS) is 11.5. The van der Waals surface area contributed by atoms with Gasteiger partial charge in [-0.15, -0.1) is 0 Å². The van der Waals surface area contributed by atoms with Crippen molar-refractivity contribution in [3.05, 3.63) is 28.3 Å². The van der Waals surface area contributed by atoms with E-state index in [9.17, 15) is 9.36 Å². The summed E-state index contributed by atoms with van der Waals surface area (Å²) in [7, 11) is -3.21. The number of aryl methyl sites for hydroxylation is 1. The summed E-state index contributed by atoms with van der Waals surface area (Å²) in [6.07, 6.45) is -0.0670. The van der Waals surface area contributed by atoms with E-state index in [0.29, 0.717) is 5.76 Å². The van der Waals surface area contributed by atoms with Gasteiger partial charge in [-0.3, -0.25) is 4.57 Å². The maximum atomic E-state index is 12.1. The molecule has 7 heteroatoms. The van der Waals surface area contributed by atoms with Crippen LogP contribution in [0.15, 0.2) is 21.3 Å². The van der Waals surface area contributed by atoms with Crippen molar-refractivity contribution >= 4 is 13.3 Å². The lowest BCUT2D eigenvalue weighted by Crippen LogP contribution is -2.14. The molecule has 0 radical (unpaired) electrons. The van der Waals surface area contributed by atoms with Gasteiger partial charge in [0.1, 0.15) is 17.7 Å². The summed E-state index contributed by atoms with van der Waals surface area (Å²) in [4.78, 5) is 11.5. The summed E-state index contributed by atoms with van der Waals surface area (Å²) in [6.45, 7) is 5.69. The molecule has 0 bridgehead atoms. The molecular weight excluding hydrogens is 257 g/mol. The quantitative estimate of drug-likeness (QED) is 0.770. The summed E-state index contributed by atoms with van der Waals surface area (Å²) in [6, 6.07) is 3.22. The van der Waals surface area contributed by atoms with E-state index in [0.717, 1.165) is 0 Å². The van der Waals surface area contributed by atoms with Gasteiger partial charge in [-0.05, 0) is 32.9 Å². The summed E-state index contributed by atoms with van der Waals surface area (Å²) >= 11 is 0. The molecule has 0 amide bonds. The van der Waals surface area contributed by atoms with Crippen LogP contribution in [0.25, 0.3) is 0 Å². The lowest BCUT2D eigenvalue weighted by molar-refractivity contribution is 0.221. The largest absolute Gasteiger partial charge is 0.427 e. The van der Waals surface area contributed by atoms with Crippen molar-refractivity contribution in [1.82, 2.24) is 0 Å². The molecule has 0 fully saturated rings. The Bertz CT molecular complexity index is 475. The zero-order valence-electron chi connectivity index (χ0n) is 10.8. The van der Waals surface area contributed by atoms with Gasteiger partial charge in [0.05, 0.1) is 13.2 Å². The minimum atomic E-state index is -3.21. The lowest BCUT2D eigenvalue weighted by atomic mass is 10.4. The molecule has 0 aliphatic carbocycles. The van der Waals surface area contributed by atoms with Gasteiger partial charge in [-0.25, -0.2) is 4.79 Å². The molecule has 1 N–H and O–H groups in total. The Morgan fingerprint density at radius 1 is 1.28 bits per heavy atom. The van der Waals surface area contributed by atoms with E-state index in [1.807, 2.05) is 0 Å². The van der Waals surface area contributed by atoms with E-state index in [4.69, 9.17) is 13.5 Å². The van der Waals surface area contributed by atoms with E-state index in [1.54, 1.807) is 32.9 Å². The Hall–Kier alpha value is -1.10. The van der Waals surface area contributed by atoms with Crippen molar-refractivity contribution in [1.29, 1.82) is 0 Å². The van der Waals surface area contributed by atoms with E-state index in [-0.39, 0.29) is 25.2 Å². The van der Waals surface area contributed by atoms with Gasteiger partial charge in [0, 0.05) is 0 Å². The van der Waals surface area contributed by atoms with Crippen LogP contribution in [-0.4, -0.2) is 19.5 Å². The fourth-order valence-electron chi connectivity index (χ4n) is 1.34. The molecule has 6 nitrogen and oxygen atoms in total. The molecule has 0 saturated heterocycles. The van der Waals surface area contributed by atoms with Crippen LogP contribution in [-0.2, 0) is 13.6 Å². The molecule has 102 valence electrons. The predicted octanol–water partition coefficient (Wildman–Crippen LogP) is 2.58. The Morgan fingerprint density at radius 2 is 1.89 bits per heavy atom. The molecule has 0 atom stereocenters. The van der Waals surface area contributed by atoms with Gasteiger partial charge < -0.3 is 18.8 Å². The monoisotopic (exact) mass is 275 g/mol. The van der Waals surface area contributed by atoms with E-state index in [1.165, 1.54) is 0 Å². The first-order valence-electron chi connectivity index (χ1n) is 5.73. The molecule has 0 spiro atoms. The maximum absolute atomic E-state index is 12.1. The molecule has 1 heterocycles. The summed E-state index contributed by atoms with van der Waals surface area (Å²) in [5.41, 5.74) is -0.269. The molecule has 1 aromatic rings. The highest BCUT2D eigenvalue weighted by molar-refractivity contribution is 7.53. The molecule has 0 unspecified atom stereocenters. The van der Waals surface area contributed by atoms with Crippen molar-refractivity contribution in [2.75, 3.05) is 24.8 Å². The Kier molecular flexibility index (Phi) is 5.59. The third kappa shape index (κ3) is 4.29. The first-order valence-corrected chi connectivity index (χ1v) is 7.46. The van der Waals surface area contributed by atoms with Gasteiger partial charge in [0.2, 0.25) is 0 Å². The van der Waals surface area contributed by atoms with Gasteiger partial charge in [-0.2, -0.15) is 0 Å². The third-order valence-electron chi connectivity index (χ3n) is 2.07. The van der Waals surface area contributed by atoms with Gasteiger partial charge in [0.25, 0.3) is 0 Å². The number of anilines is 1. The first kappa shape index (κ1) is 15.0. The lowest BCUT2D eigenvalue weighted by Gasteiger charge is -2.17. The fraction of sp³-hybridized carbons (Fsp3) is 0.545. The summed E-state index contributed by atoms with van der Waals surface area (Å²) < 4.78 is 27.2. The van der Waals surface area contributed by atoms with Crippen LogP contribution in [0.1, 0.15) is 19.6 Å². The maximum Gasteiger partial charge on any atom is 0.359 e. The van der Waals surface area contributed by atoms with E-state index < -0.39 is 13.2 Å². The average molecular weight is 275 g/mol. The van der Waals surface area contributed by atoms with Crippen LogP contribution in [0.3, 0.4) is 0 Å². The standard InChI is InChI=1S/C11H18NO5P/c1-4-15-18(14,16-5-2)8-12-10-7-6-9(3)17-11(10)13/h6-7,12H,4-5,8H2,1-3H3. The number of hydrogen-bond donors (Lipinski definition) is 1. The van der Waals surface area contributed by atoms with E-state index >= 15 is 0 Å². The molecule has 1 rings (SSSR count). The smallest absolute Gasteiger partial charge is 0.359 e. The van der Waals surface area contributed by atoms with Crippen molar-refractivity contribution in [2.45, 2.75) is 20.8 Å². The molecule has 0 aliphatic heterocycles. The molecule has 0 aliphatic rings. The highest BCUT2D eigenvalue weighted by Gasteiger charge is 2.23. The summed E-state index contributed by atoms with van der Waals surface area (Å²) in [5.74, 6) is 0.517. The van der Waals surface area contributed by atoms with Gasteiger partial charge in [0.15, 0.2) is 0 Å². The zero-order chi connectivity index (χ0) is 13.6. The Morgan fingerprint density at radius 3 is 2.39 bits per heavy atom. The molecule has 0 aromatic carbocycles. The SMILES string of the molecule is CCOP(=O)(CNc1ccc(C)oc1=O)OCC. The van der Waals surface area contributed by atoms with Gasteiger partial charge in [-0.1, -0.05) is 0 Å². The Balaban J connectivity index is 2.73. The second-order valence-electron chi connectivity index (χ2n) is 3.53. The zero-order valence-corrected chi connectivity index (χ0v) is 11.7. The second kappa shape index (κ2) is 6.73. The highest BCUT2D eigenvalue weighted by atomic mass is 31.2. The van der Waals surface area contributed by atoms with Crippen molar-refractivity contribution in [2.24, 2.45) is 0 Å². The van der Waals surface area contributed by atoms with Crippen molar-refractivity contribution in [3.63, 3.8) is 0 Å². The van der Waals surface area contributed by atoms with Crippen molar-refractivity contribution < 1.29 is 18.0 Å². The minimum absolute atomic E-state index is 0.0670. The molecule has 18 heavy (non-hydrogen) atoms. The topological polar surface area (TPSA) is 77.8 Å². The number of rotatable bonds is 7. The Labute approximate surface area is 106 Å². The molecule has 0 saturated carbocycles. The predicted molar refractivity (Wildman–Crippen MR) is 69.1 cm³/mol. The minimum Gasteiger partial charge on any atom is -0.427 e. The fourth-order valence-corrected chi connectivity index (χ4v) is 2.75. The summed E-state index contributed by atoms with van der Waals surface area (Å²) in [5, 5.41) is 2.73. The van der Waals surface area contributed by atoms with Crippen LogP contribution in [0.4, 0.5) is 5.69 Å². The highest BCUT2D eigenvalue weighted by Crippen LogP contribution is 2.47. The number of hydrogen-bond acceptors (Lipinski definition) is 6. The van der Waals surface area contributed by atoms with Gasteiger partial charge >= 0.3 is 13.2 Å². The first-order chi connectivity index (χ1) is 8.50. The van der Waals surface area contributed by atoms with Crippen LogP contribution in [0.5, 0.6) is 0 Å². The average Bonchev–Trinajstić information content (AvgIpc) is 2.28. The van der Waals surface area contributed by atoms with Crippen LogP contribution in [0.2, 0.25) is 0 Å². The van der Waals surface area contributed by atoms with Crippen molar-refractivity contribution in [3.8, 4) is 0 Å². The number of nitrogens with one attached hydrogen (secondary N) is 1. The third-order valence-corrected chi connectivity index (χ3v) is 3.92. The van der Waals surface area contributed by atoms with Crippen LogP contribution >= 0.6 is 7.60 Å². The van der Waals surface area contributed by atoms with E-state index in [2.05, 4.69) is 5.32 Å². The second-order valence-corrected chi connectivity index (χ2v) is 5.58.